The molecule has 24 heavy (non-hydrogen) atoms. The van der Waals surface area contributed by atoms with E-state index >= 15 is 0 Å². The number of fused-ring (bicyclic) bond motifs is 1. The zero-order chi connectivity index (χ0) is 17.2. The molecule has 1 heterocycles. The third kappa shape index (κ3) is 3.44. The second-order valence-electron chi connectivity index (χ2n) is 4.96. The summed E-state index contributed by atoms with van der Waals surface area (Å²) >= 11 is 3.40. The highest BCUT2D eigenvalue weighted by molar-refractivity contribution is 9.10. The summed E-state index contributed by atoms with van der Waals surface area (Å²) in [5.41, 5.74) is 1.72. The number of nitrogens with zero attached hydrogens (tertiary/aromatic N) is 1. The molecule has 1 aromatic heterocycles. The van der Waals surface area contributed by atoms with Crippen molar-refractivity contribution in [2.75, 3.05) is 7.11 Å². The van der Waals surface area contributed by atoms with E-state index in [9.17, 15) is 8.42 Å². The molecule has 6 nitrogen and oxygen atoms in total. The van der Waals surface area contributed by atoms with E-state index in [-0.39, 0.29) is 4.90 Å². The van der Waals surface area contributed by atoms with Gasteiger partial charge in [-0.1, -0.05) is 22.0 Å². The van der Waals surface area contributed by atoms with Crippen molar-refractivity contribution in [2.24, 2.45) is 5.10 Å². The number of rotatable bonds is 5. The Bertz CT molecular complexity index is 995. The smallest absolute Gasteiger partial charge is 0.276 e. The van der Waals surface area contributed by atoms with E-state index < -0.39 is 10.0 Å². The monoisotopic (exact) mass is 407 g/mol. The van der Waals surface area contributed by atoms with E-state index in [0.717, 1.165) is 20.9 Å². The number of aromatic amines is 1. The predicted molar refractivity (Wildman–Crippen MR) is 96.9 cm³/mol. The fourth-order valence-corrected chi connectivity index (χ4v) is 3.35. The maximum atomic E-state index is 12.2. The van der Waals surface area contributed by atoms with Crippen LogP contribution in [0.15, 0.2) is 63.1 Å². The predicted octanol–water partition coefficient (Wildman–Crippen LogP) is 3.25. The van der Waals surface area contributed by atoms with E-state index in [4.69, 9.17) is 4.74 Å². The minimum atomic E-state index is -3.72. The molecule has 0 atom stereocenters. The van der Waals surface area contributed by atoms with Crippen LogP contribution in [0.1, 0.15) is 5.56 Å². The van der Waals surface area contributed by atoms with Crippen LogP contribution < -0.4 is 9.57 Å². The Labute approximate surface area is 147 Å². The number of H-pyrrole nitrogens is 1. The van der Waals surface area contributed by atoms with Gasteiger partial charge in [-0.2, -0.15) is 13.5 Å². The molecule has 0 aliphatic heterocycles. The molecule has 0 aliphatic carbocycles. The Morgan fingerprint density at radius 3 is 2.67 bits per heavy atom. The first kappa shape index (κ1) is 16.5. The SMILES string of the molecule is COc1ccc(S(=O)(=O)N/N=C/c2c[nH]c3cc(Br)ccc23)cc1. The van der Waals surface area contributed by atoms with Gasteiger partial charge in [-0.25, -0.2) is 4.83 Å². The zero-order valence-corrected chi connectivity index (χ0v) is 15.1. The van der Waals surface area contributed by atoms with Crippen molar-refractivity contribution < 1.29 is 13.2 Å². The number of benzene rings is 2. The lowest BCUT2D eigenvalue weighted by Gasteiger charge is -2.04. The van der Waals surface area contributed by atoms with Gasteiger partial charge < -0.3 is 9.72 Å². The van der Waals surface area contributed by atoms with Gasteiger partial charge in [0, 0.05) is 27.1 Å². The third-order valence-corrected chi connectivity index (χ3v) is 5.15. The summed E-state index contributed by atoms with van der Waals surface area (Å²) in [6, 6.07) is 11.9. The van der Waals surface area contributed by atoms with Gasteiger partial charge in [0.05, 0.1) is 18.2 Å². The van der Waals surface area contributed by atoms with Crippen molar-refractivity contribution in [3.8, 4) is 5.75 Å². The molecule has 124 valence electrons. The van der Waals surface area contributed by atoms with Gasteiger partial charge >= 0.3 is 0 Å². The highest BCUT2D eigenvalue weighted by Crippen LogP contribution is 2.21. The van der Waals surface area contributed by atoms with Crippen LogP contribution in [0.5, 0.6) is 5.75 Å². The van der Waals surface area contributed by atoms with Gasteiger partial charge in [-0.15, -0.1) is 0 Å². The number of hydrogen-bond donors (Lipinski definition) is 2. The number of ether oxygens (including phenoxy) is 1. The van der Waals surface area contributed by atoms with Crippen LogP contribution in [0.4, 0.5) is 0 Å². The summed E-state index contributed by atoms with van der Waals surface area (Å²) in [5.74, 6) is 0.586. The van der Waals surface area contributed by atoms with Crippen molar-refractivity contribution in [3.05, 3.63) is 58.7 Å². The van der Waals surface area contributed by atoms with Crippen LogP contribution in [-0.2, 0) is 10.0 Å². The Morgan fingerprint density at radius 2 is 1.96 bits per heavy atom. The molecule has 0 fully saturated rings. The van der Waals surface area contributed by atoms with Crippen molar-refractivity contribution in [3.63, 3.8) is 0 Å². The normalized spacial score (nSPS) is 11.9. The van der Waals surface area contributed by atoms with Crippen LogP contribution in [0.3, 0.4) is 0 Å². The molecule has 2 N–H and O–H groups in total. The molecular formula is C16H14BrN3O3S. The molecule has 0 saturated heterocycles. The molecule has 0 amide bonds. The Morgan fingerprint density at radius 1 is 1.21 bits per heavy atom. The molecule has 3 rings (SSSR count). The van der Waals surface area contributed by atoms with Crippen LogP contribution in [0, 0.1) is 0 Å². The third-order valence-electron chi connectivity index (χ3n) is 3.42. The molecule has 8 heteroatoms. The Kier molecular flexibility index (Phi) is 4.59. The Hall–Kier alpha value is -2.32. The first-order valence-electron chi connectivity index (χ1n) is 6.95. The zero-order valence-electron chi connectivity index (χ0n) is 12.7. The second kappa shape index (κ2) is 6.66. The van der Waals surface area contributed by atoms with E-state index in [2.05, 4.69) is 30.8 Å². The van der Waals surface area contributed by atoms with Gasteiger partial charge in [-0.3, -0.25) is 0 Å². The molecule has 0 aliphatic rings. The maximum absolute atomic E-state index is 12.2. The first-order valence-corrected chi connectivity index (χ1v) is 9.23. The molecule has 0 saturated carbocycles. The van der Waals surface area contributed by atoms with E-state index in [0.29, 0.717) is 5.75 Å². The summed E-state index contributed by atoms with van der Waals surface area (Å²) in [5, 5.41) is 4.80. The fourth-order valence-electron chi connectivity index (χ4n) is 2.20. The number of nitrogens with one attached hydrogen (secondary N) is 2. The van der Waals surface area contributed by atoms with Crippen molar-refractivity contribution in [1.29, 1.82) is 0 Å². The molecule has 2 aromatic carbocycles. The largest absolute Gasteiger partial charge is 0.497 e. The summed E-state index contributed by atoms with van der Waals surface area (Å²) in [4.78, 5) is 5.43. The van der Waals surface area contributed by atoms with E-state index in [1.807, 2.05) is 18.2 Å². The lowest BCUT2D eigenvalue weighted by Crippen LogP contribution is -2.18. The quantitative estimate of drug-likeness (QED) is 0.502. The fraction of sp³-hybridized carbons (Fsp3) is 0.0625. The van der Waals surface area contributed by atoms with Crippen LogP contribution in [-0.4, -0.2) is 26.7 Å². The average molecular weight is 408 g/mol. The highest BCUT2D eigenvalue weighted by atomic mass is 79.9. The maximum Gasteiger partial charge on any atom is 0.276 e. The topological polar surface area (TPSA) is 83.6 Å². The van der Waals surface area contributed by atoms with Gasteiger partial charge in [0.15, 0.2) is 0 Å². The number of methoxy groups -OCH3 is 1. The highest BCUT2D eigenvalue weighted by Gasteiger charge is 2.12. The van der Waals surface area contributed by atoms with Crippen LogP contribution in [0.2, 0.25) is 0 Å². The summed E-state index contributed by atoms with van der Waals surface area (Å²) in [6.07, 6.45) is 3.23. The number of hydrazone groups is 1. The molecular weight excluding hydrogens is 394 g/mol. The number of sulfonamides is 1. The van der Waals surface area contributed by atoms with Gasteiger partial charge in [0.2, 0.25) is 0 Å². The summed E-state index contributed by atoms with van der Waals surface area (Å²) in [7, 11) is -2.20. The molecule has 3 aromatic rings. The summed E-state index contributed by atoms with van der Waals surface area (Å²) in [6.45, 7) is 0. The Balaban J connectivity index is 1.78. The van der Waals surface area contributed by atoms with E-state index in [1.54, 1.807) is 18.3 Å². The van der Waals surface area contributed by atoms with Crippen LogP contribution >= 0.6 is 15.9 Å². The van der Waals surface area contributed by atoms with Crippen LogP contribution in [0.25, 0.3) is 10.9 Å². The molecule has 0 radical (unpaired) electrons. The van der Waals surface area contributed by atoms with Gasteiger partial charge in [0.25, 0.3) is 10.0 Å². The van der Waals surface area contributed by atoms with Gasteiger partial charge in [-0.05, 0) is 36.4 Å². The van der Waals surface area contributed by atoms with Crippen molar-refractivity contribution >= 4 is 43.1 Å². The summed E-state index contributed by atoms with van der Waals surface area (Å²) < 4.78 is 30.3. The average Bonchev–Trinajstić information content (AvgIpc) is 2.97. The van der Waals surface area contributed by atoms with E-state index in [1.165, 1.54) is 25.5 Å². The number of halogens is 1. The molecule has 0 spiro atoms. The minimum absolute atomic E-state index is 0.114. The lowest BCUT2D eigenvalue weighted by molar-refractivity contribution is 0.414. The van der Waals surface area contributed by atoms with Gasteiger partial charge in [0.1, 0.15) is 5.75 Å². The second-order valence-corrected chi connectivity index (χ2v) is 7.54. The molecule has 0 unspecified atom stereocenters. The van der Waals surface area contributed by atoms with Crippen molar-refractivity contribution in [1.82, 2.24) is 9.82 Å². The standard InChI is InChI=1S/C16H14BrN3O3S/c1-23-13-3-5-14(6-4-13)24(21,22)20-19-10-11-9-18-16-8-12(17)2-7-15(11)16/h2-10,18,20H,1H3/b19-10+. The number of hydrogen-bond acceptors (Lipinski definition) is 4. The first-order chi connectivity index (χ1) is 11.5. The lowest BCUT2D eigenvalue weighted by atomic mass is 10.2. The molecule has 0 bridgehead atoms. The minimum Gasteiger partial charge on any atom is -0.497 e. The number of aromatic nitrogens is 1. The van der Waals surface area contributed by atoms with Crippen molar-refractivity contribution in [2.45, 2.75) is 4.90 Å².